The first-order valence-corrected chi connectivity index (χ1v) is 4.17. The summed E-state index contributed by atoms with van der Waals surface area (Å²) >= 11 is 0. The second kappa shape index (κ2) is 4.69. The Balaban J connectivity index is -0.000000405. The monoisotopic (exact) mass is 216 g/mol. The third kappa shape index (κ3) is 8.65. The van der Waals surface area contributed by atoms with Crippen molar-refractivity contribution in [2.45, 2.75) is 0 Å². The predicted molar refractivity (Wildman–Crippen MR) is 21.9 cm³/mol. The maximum absolute atomic E-state index is 9.68. The molecule has 0 aliphatic rings. The number of hydrogen-bond acceptors (Lipinski definition) is 8. The Bertz CT molecular complexity index is 285. The van der Waals surface area contributed by atoms with Crippen LogP contribution in [0.4, 0.5) is 0 Å². The molecular formula is HNaO8S2. The predicted octanol–water partition coefficient (Wildman–Crippen LogP) is -5.88. The van der Waals surface area contributed by atoms with Crippen molar-refractivity contribution in [1.29, 1.82) is 0 Å². The van der Waals surface area contributed by atoms with Gasteiger partial charge in [0.25, 0.3) is 0 Å². The molecule has 0 aliphatic carbocycles. The zero-order valence-corrected chi connectivity index (χ0v) is 8.72. The third-order valence-electron chi connectivity index (χ3n) is 0.250. The number of hydrogen-bond donors (Lipinski definition) is 0. The van der Waals surface area contributed by atoms with E-state index in [1.165, 1.54) is 0 Å². The van der Waals surface area contributed by atoms with Gasteiger partial charge in [-0.15, -0.1) is 3.63 Å². The molecular weight excluding hydrogens is 215 g/mol. The van der Waals surface area contributed by atoms with Crippen LogP contribution >= 0.6 is 0 Å². The van der Waals surface area contributed by atoms with Crippen LogP contribution in [-0.4, -0.2) is 21.4 Å². The van der Waals surface area contributed by atoms with Crippen molar-refractivity contribution in [3.8, 4) is 0 Å². The molecule has 0 rings (SSSR count). The molecule has 0 aromatic heterocycles. The molecule has 0 spiro atoms. The van der Waals surface area contributed by atoms with Crippen LogP contribution < -0.4 is 34.8 Å². The van der Waals surface area contributed by atoms with Crippen LogP contribution in [0, 0.1) is 0 Å². The molecule has 0 aromatic carbocycles. The van der Waals surface area contributed by atoms with Crippen LogP contribution in [0.5, 0.6) is 0 Å². The van der Waals surface area contributed by atoms with Gasteiger partial charge in [-0.2, -0.15) is 8.42 Å². The zero-order chi connectivity index (χ0) is 8.41. The molecule has 0 saturated carbocycles. The van der Waals surface area contributed by atoms with Crippen molar-refractivity contribution in [3.63, 3.8) is 0 Å². The summed E-state index contributed by atoms with van der Waals surface area (Å²) in [5.74, 6) is 0. The first kappa shape index (κ1) is 14.3. The molecule has 0 fully saturated rings. The van der Waals surface area contributed by atoms with Gasteiger partial charge < -0.3 is 14.1 Å². The van der Waals surface area contributed by atoms with Gasteiger partial charge >= 0.3 is 41.4 Å². The van der Waals surface area contributed by atoms with Crippen molar-refractivity contribution in [2.24, 2.45) is 0 Å². The van der Waals surface area contributed by atoms with Gasteiger partial charge in [0.15, 0.2) is 0 Å². The molecule has 8 nitrogen and oxygen atoms in total. The Kier molecular flexibility index (Phi) is 6.09. The van der Waals surface area contributed by atoms with E-state index in [1.807, 2.05) is 0 Å². The van der Waals surface area contributed by atoms with E-state index < -0.39 is 20.8 Å². The Hall–Kier alpha value is 0.740. The van der Waals surface area contributed by atoms with Crippen LogP contribution in [0.1, 0.15) is 1.43 Å². The van der Waals surface area contributed by atoms with Crippen molar-refractivity contribution in [1.82, 2.24) is 0 Å². The van der Waals surface area contributed by atoms with Crippen LogP contribution in [0.15, 0.2) is 0 Å². The Morgan fingerprint density at radius 3 is 1.64 bits per heavy atom. The average Bonchev–Trinajstić information content (AvgIpc) is 1.60. The van der Waals surface area contributed by atoms with E-state index in [9.17, 15) is 21.4 Å². The van der Waals surface area contributed by atoms with E-state index in [4.69, 9.17) is 5.26 Å². The average molecular weight is 216 g/mol. The molecule has 0 amide bonds. The molecule has 0 saturated heterocycles. The summed E-state index contributed by atoms with van der Waals surface area (Å²) < 4.78 is 52.5. The van der Waals surface area contributed by atoms with E-state index in [0.29, 0.717) is 0 Å². The smallest absolute Gasteiger partial charge is 0.725 e. The SMILES string of the molecule is O=S(=O)([O-])OS(=O)(=O)O[O-].[H+].[Na+]. The Morgan fingerprint density at radius 1 is 1.18 bits per heavy atom. The Morgan fingerprint density at radius 2 is 1.55 bits per heavy atom. The van der Waals surface area contributed by atoms with Gasteiger partial charge in [0.1, 0.15) is 0 Å². The minimum absolute atomic E-state index is 0. The second-order valence-corrected chi connectivity index (χ2v) is 3.27. The summed E-state index contributed by atoms with van der Waals surface area (Å²) in [7, 11) is -10.7. The fourth-order valence-electron chi connectivity index (χ4n) is 0.113. The molecule has 0 bridgehead atoms. The summed E-state index contributed by atoms with van der Waals surface area (Å²) in [6, 6.07) is 0. The van der Waals surface area contributed by atoms with Crippen LogP contribution in [0.2, 0.25) is 0 Å². The molecule has 11 heteroatoms. The maximum Gasteiger partial charge on any atom is 1.00 e. The molecule has 0 N–H and O–H groups in total. The standard InChI is InChI=1S/Na.H2O8S2/c;1-7-10(5,6)8-9(2,3)4/h;1H,(H,2,3,4)/q+1;/p-1. The van der Waals surface area contributed by atoms with E-state index >= 15 is 0 Å². The molecule has 0 aromatic rings. The molecule has 0 heterocycles. The van der Waals surface area contributed by atoms with Crippen molar-refractivity contribution in [3.05, 3.63) is 0 Å². The molecule has 0 aliphatic heterocycles. The maximum atomic E-state index is 9.68. The molecule has 0 unspecified atom stereocenters. The Labute approximate surface area is 86.1 Å². The first-order chi connectivity index (χ1) is 4.27. The van der Waals surface area contributed by atoms with Gasteiger partial charge in [0, 0.05) is 0 Å². The van der Waals surface area contributed by atoms with Crippen molar-refractivity contribution in [2.75, 3.05) is 0 Å². The summed E-state index contributed by atoms with van der Waals surface area (Å²) in [6.07, 6.45) is 0. The van der Waals surface area contributed by atoms with E-state index in [-0.39, 0.29) is 31.0 Å². The van der Waals surface area contributed by atoms with Gasteiger partial charge in [-0.25, -0.2) is 8.42 Å². The molecule has 62 valence electrons. The quantitative estimate of drug-likeness (QED) is 0.150. The van der Waals surface area contributed by atoms with Crippen LogP contribution in [0.3, 0.4) is 0 Å². The van der Waals surface area contributed by atoms with E-state index in [1.54, 1.807) is 0 Å². The van der Waals surface area contributed by atoms with E-state index in [2.05, 4.69) is 7.96 Å². The summed E-state index contributed by atoms with van der Waals surface area (Å²) in [4.78, 5) is 0. The summed E-state index contributed by atoms with van der Waals surface area (Å²) in [5, 5.41) is 9.01. The minimum Gasteiger partial charge on any atom is -0.725 e. The van der Waals surface area contributed by atoms with Crippen molar-refractivity contribution < 1.29 is 65.6 Å². The third-order valence-corrected chi connectivity index (χ3v) is 1.75. The summed E-state index contributed by atoms with van der Waals surface area (Å²) in [5.41, 5.74) is 0. The molecule has 0 atom stereocenters. The van der Waals surface area contributed by atoms with Gasteiger partial charge in [-0.1, -0.05) is 0 Å². The van der Waals surface area contributed by atoms with Crippen molar-refractivity contribution >= 4 is 20.8 Å². The number of rotatable bonds is 3. The fraction of sp³-hybridized carbons (Fsp3) is 0. The molecule has 0 radical (unpaired) electrons. The van der Waals surface area contributed by atoms with Crippen LogP contribution in [0.25, 0.3) is 0 Å². The second-order valence-electron chi connectivity index (χ2n) is 0.953. The first-order valence-electron chi connectivity index (χ1n) is 1.50. The summed E-state index contributed by atoms with van der Waals surface area (Å²) in [6.45, 7) is 0. The normalized spacial score (nSPS) is 12.2. The van der Waals surface area contributed by atoms with Gasteiger partial charge in [0.05, 0.1) is 0 Å². The fourth-order valence-corrected chi connectivity index (χ4v) is 1.02. The molecule has 11 heavy (non-hydrogen) atoms. The van der Waals surface area contributed by atoms with Crippen LogP contribution in [-0.2, 0) is 28.8 Å². The zero-order valence-electron chi connectivity index (χ0n) is 6.08. The van der Waals surface area contributed by atoms with E-state index in [0.717, 1.165) is 0 Å². The minimum atomic E-state index is -5.46. The topological polar surface area (TPSA) is 133 Å². The van der Waals surface area contributed by atoms with Gasteiger partial charge in [-0.3, -0.25) is 0 Å². The van der Waals surface area contributed by atoms with Gasteiger partial charge in [-0.05, 0) is 0 Å². The van der Waals surface area contributed by atoms with Gasteiger partial charge in [0.2, 0.25) is 10.4 Å². The largest absolute Gasteiger partial charge is 1.00 e.